The van der Waals surface area contributed by atoms with Crippen molar-refractivity contribution in [2.75, 3.05) is 0 Å². The van der Waals surface area contributed by atoms with E-state index >= 15 is 0 Å². The standard InChI is InChI=1S/C13H17N3O/c1-9-4-5-13(17-9)11(3)16-10(2)12-8-14-6-7-15-12/h4-8,10-11,16H,1-3H3. The van der Waals surface area contributed by atoms with E-state index in [9.17, 15) is 0 Å². The first-order valence-electron chi connectivity index (χ1n) is 5.75. The van der Waals surface area contributed by atoms with Crippen LogP contribution in [0.3, 0.4) is 0 Å². The number of nitrogens with one attached hydrogen (secondary N) is 1. The van der Waals surface area contributed by atoms with Crippen LogP contribution in [0.2, 0.25) is 0 Å². The highest BCUT2D eigenvalue weighted by Gasteiger charge is 2.14. The van der Waals surface area contributed by atoms with Gasteiger partial charge in [-0.1, -0.05) is 0 Å². The molecule has 0 spiro atoms. The second-order valence-corrected chi connectivity index (χ2v) is 4.19. The highest BCUT2D eigenvalue weighted by atomic mass is 16.3. The van der Waals surface area contributed by atoms with Crippen LogP contribution in [0.4, 0.5) is 0 Å². The average molecular weight is 231 g/mol. The van der Waals surface area contributed by atoms with E-state index in [0.29, 0.717) is 0 Å². The number of aromatic nitrogens is 2. The van der Waals surface area contributed by atoms with E-state index in [1.54, 1.807) is 18.6 Å². The first-order valence-corrected chi connectivity index (χ1v) is 5.75. The molecule has 17 heavy (non-hydrogen) atoms. The number of rotatable bonds is 4. The first kappa shape index (κ1) is 11.8. The molecule has 0 aromatic carbocycles. The van der Waals surface area contributed by atoms with E-state index in [4.69, 9.17) is 4.42 Å². The van der Waals surface area contributed by atoms with Crippen molar-refractivity contribution in [2.24, 2.45) is 0 Å². The van der Waals surface area contributed by atoms with Crippen LogP contribution >= 0.6 is 0 Å². The molecule has 2 atom stereocenters. The highest BCUT2D eigenvalue weighted by molar-refractivity contribution is 5.10. The van der Waals surface area contributed by atoms with E-state index in [1.165, 1.54) is 0 Å². The van der Waals surface area contributed by atoms with Crippen molar-refractivity contribution in [3.63, 3.8) is 0 Å². The molecule has 4 nitrogen and oxygen atoms in total. The first-order chi connectivity index (χ1) is 8.16. The van der Waals surface area contributed by atoms with Crippen molar-refractivity contribution < 1.29 is 4.42 Å². The number of nitrogens with zero attached hydrogens (tertiary/aromatic N) is 2. The summed E-state index contributed by atoms with van der Waals surface area (Å²) >= 11 is 0. The maximum absolute atomic E-state index is 5.58. The van der Waals surface area contributed by atoms with Crippen molar-refractivity contribution in [3.8, 4) is 0 Å². The monoisotopic (exact) mass is 231 g/mol. The summed E-state index contributed by atoms with van der Waals surface area (Å²) in [6.07, 6.45) is 5.16. The Morgan fingerprint density at radius 3 is 2.59 bits per heavy atom. The fraction of sp³-hybridized carbons (Fsp3) is 0.385. The maximum atomic E-state index is 5.58. The Labute approximate surface area is 101 Å². The zero-order valence-corrected chi connectivity index (χ0v) is 10.3. The maximum Gasteiger partial charge on any atom is 0.120 e. The van der Waals surface area contributed by atoms with Gasteiger partial charge in [-0.05, 0) is 32.9 Å². The number of aryl methyl sites for hydroxylation is 1. The van der Waals surface area contributed by atoms with Gasteiger partial charge in [0, 0.05) is 24.6 Å². The minimum atomic E-state index is 0.143. The summed E-state index contributed by atoms with van der Waals surface area (Å²) in [6.45, 7) is 6.09. The lowest BCUT2D eigenvalue weighted by atomic mass is 10.2. The minimum absolute atomic E-state index is 0.143. The molecule has 0 amide bonds. The van der Waals surface area contributed by atoms with Crippen LogP contribution in [0.1, 0.15) is 43.1 Å². The molecule has 90 valence electrons. The van der Waals surface area contributed by atoms with Gasteiger partial charge in [0.2, 0.25) is 0 Å². The predicted molar refractivity (Wildman–Crippen MR) is 65.4 cm³/mol. The second kappa shape index (κ2) is 5.10. The fourth-order valence-corrected chi connectivity index (χ4v) is 1.76. The highest BCUT2D eigenvalue weighted by Crippen LogP contribution is 2.19. The number of hydrogen-bond donors (Lipinski definition) is 1. The normalized spacial score (nSPS) is 14.5. The van der Waals surface area contributed by atoms with Crippen LogP contribution in [-0.2, 0) is 0 Å². The van der Waals surface area contributed by atoms with Gasteiger partial charge in [0.05, 0.1) is 11.7 Å². The lowest BCUT2D eigenvalue weighted by Gasteiger charge is -2.17. The third-order valence-corrected chi connectivity index (χ3v) is 2.71. The summed E-state index contributed by atoms with van der Waals surface area (Å²) in [7, 11) is 0. The third-order valence-electron chi connectivity index (χ3n) is 2.71. The lowest BCUT2D eigenvalue weighted by Crippen LogP contribution is -2.23. The van der Waals surface area contributed by atoms with Gasteiger partial charge in [-0.15, -0.1) is 0 Å². The largest absolute Gasteiger partial charge is 0.465 e. The minimum Gasteiger partial charge on any atom is -0.465 e. The Morgan fingerprint density at radius 2 is 2.00 bits per heavy atom. The molecule has 1 N–H and O–H groups in total. The quantitative estimate of drug-likeness (QED) is 0.879. The van der Waals surface area contributed by atoms with Crippen molar-refractivity contribution in [1.82, 2.24) is 15.3 Å². The smallest absolute Gasteiger partial charge is 0.120 e. The summed E-state index contributed by atoms with van der Waals surface area (Å²) in [5, 5.41) is 3.43. The SMILES string of the molecule is Cc1ccc(C(C)NC(C)c2cnccn2)o1. The van der Waals surface area contributed by atoms with Crippen LogP contribution < -0.4 is 5.32 Å². The van der Waals surface area contributed by atoms with E-state index in [1.807, 2.05) is 19.1 Å². The molecule has 0 radical (unpaired) electrons. The van der Waals surface area contributed by atoms with Gasteiger partial charge in [-0.2, -0.15) is 0 Å². The topological polar surface area (TPSA) is 51.0 Å². The Kier molecular flexibility index (Phi) is 3.54. The zero-order chi connectivity index (χ0) is 12.3. The molecule has 2 unspecified atom stereocenters. The van der Waals surface area contributed by atoms with E-state index < -0.39 is 0 Å². The van der Waals surface area contributed by atoms with Crippen LogP contribution in [0, 0.1) is 6.92 Å². The molecule has 0 aliphatic carbocycles. The van der Waals surface area contributed by atoms with E-state index in [2.05, 4.69) is 29.1 Å². The summed E-state index contributed by atoms with van der Waals surface area (Å²) in [5.74, 6) is 1.87. The molecular formula is C13H17N3O. The van der Waals surface area contributed by atoms with Gasteiger partial charge in [0.1, 0.15) is 11.5 Å². The van der Waals surface area contributed by atoms with Crippen molar-refractivity contribution >= 4 is 0 Å². The zero-order valence-electron chi connectivity index (χ0n) is 10.3. The van der Waals surface area contributed by atoms with Gasteiger partial charge in [0.25, 0.3) is 0 Å². The lowest BCUT2D eigenvalue weighted by molar-refractivity contribution is 0.389. The number of furan rings is 1. The Bertz CT molecular complexity index is 467. The van der Waals surface area contributed by atoms with Gasteiger partial charge in [0.15, 0.2) is 0 Å². The molecular weight excluding hydrogens is 214 g/mol. The predicted octanol–water partition coefficient (Wildman–Crippen LogP) is 2.79. The molecule has 4 heteroatoms. The molecule has 2 rings (SSSR count). The molecule has 0 saturated heterocycles. The molecule has 0 fully saturated rings. The molecule has 0 saturated carbocycles. The van der Waals surface area contributed by atoms with Crippen LogP contribution in [0.5, 0.6) is 0 Å². The van der Waals surface area contributed by atoms with Gasteiger partial charge in [-0.3, -0.25) is 15.3 Å². The Morgan fingerprint density at radius 1 is 1.18 bits per heavy atom. The fourth-order valence-electron chi connectivity index (χ4n) is 1.76. The van der Waals surface area contributed by atoms with E-state index in [0.717, 1.165) is 17.2 Å². The molecule has 2 aromatic heterocycles. The molecule has 0 bridgehead atoms. The summed E-state index contributed by atoms with van der Waals surface area (Å²) < 4.78 is 5.58. The Hall–Kier alpha value is -1.68. The summed E-state index contributed by atoms with van der Waals surface area (Å²) in [6, 6.07) is 4.27. The molecule has 2 heterocycles. The summed E-state index contributed by atoms with van der Waals surface area (Å²) in [5.41, 5.74) is 0.933. The molecule has 0 aliphatic rings. The summed E-state index contributed by atoms with van der Waals surface area (Å²) in [4.78, 5) is 8.34. The van der Waals surface area contributed by atoms with Crippen molar-refractivity contribution in [2.45, 2.75) is 32.9 Å². The van der Waals surface area contributed by atoms with Crippen molar-refractivity contribution in [3.05, 3.63) is 47.9 Å². The Balaban J connectivity index is 2.02. The molecule has 0 aliphatic heterocycles. The van der Waals surface area contributed by atoms with Crippen LogP contribution in [0.25, 0.3) is 0 Å². The average Bonchev–Trinajstić information content (AvgIpc) is 2.77. The van der Waals surface area contributed by atoms with Gasteiger partial charge in [-0.25, -0.2) is 0 Å². The molecule has 2 aromatic rings. The number of hydrogen-bond acceptors (Lipinski definition) is 4. The van der Waals surface area contributed by atoms with Gasteiger partial charge < -0.3 is 4.42 Å². The van der Waals surface area contributed by atoms with E-state index in [-0.39, 0.29) is 12.1 Å². The van der Waals surface area contributed by atoms with Crippen molar-refractivity contribution in [1.29, 1.82) is 0 Å². The van der Waals surface area contributed by atoms with Crippen LogP contribution in [0.15, 0.2) is 35.1 Å². The second-order valence-electron chi connectivity index (χ2n) is 4.19. The third kappa shape index (κ3) is 2.91. The van der Waals surface area contributed by atoms with Gasteiger partial charge >= 0.3 is 0 Å². The van der Waals surface area contributed by atoms with Crippen LogP contribution in [-0.4, -0.2) is 9.97 Å².